The first-order chi connectivity index (χ1) is 17.0. The standard InChI is InChI=1S/C21H12ClFN8O4/c22-15-7-1-11(9-16(15)31(32)33)17-8-6-14(34-17)10-24-28-19-18(25-13-4-2-12(23)3-5-13)26-20-21(27-19)30-35-29-20/h1-10H,(H,25,26,29)(H,27,28,30)/b24-10+. The Morgan fingerprint density at radius 3 is 2.51 bits per heavy atom. The summed E-state index contributed by atoms with van der Waals surface area (Å²) in [5.74, 6) is 0.793. The number of furan rings is 1. The molecule has 2 aromatic carbocycles. The summed E-state index contributed by atoms with van der Waals surface area (Å²) >= 11 is 5.86. The lowest BCUT2D eigenvalue weighted by Gasteiger charge is -2.09. The van der Waals surface area contributed by atoms with Gasteiger partial charge < -0.3 is 9.73 Å². The molecule has 0 atom stereocenters. The van der Waals surface area contributed by atoms with Crippen LogP contribution in [0.5, 0.6) is 0 Å². The third-order valence-electron chi connectivity index (χ3n) is 4.64. The second-order valence-electron chi connectivity index (χ2n) is 6.96. The number of fused-ring (bicyclic) bond motifs is 1. The highest BCUT2D eigenvalue weighted by Gasteiger charge is 2.16. The molecule has 0 aliphatic carbocycles. The van der Waals surface area contributed by atoms with Gasteiger partial charge in [0.2, 0.25) is 11.3 Å². The monoisotopic (exact) mass is 494 g/mol. The van der Waals surface area contributed by atoms with E-state index in [1.165, 1.54) is 42.6 Å². The van der Waals surface area contributed by atoms with Crippen molar-refractivity contribution >= 4 is 52.1 Å². The van der Waals surface area contributed by atoms with Crippen molar-refractivity contribution in [2.75, 3.05) is 10.7 Å². The van der Waals surface area contributed by atoms with Gasteiger partial charge >= 0.3 is 0 Å². The van der Waals surface area contributed by atoms with E-state index in [0.717, 1.165) is 0 Å². The molecule has 3 heterocycles. The average Bonchev–Trinajstić information content (AvgIpc) is 3.50. The molecule has 12 nitrogen and oxygen atoms in total. The lowest BCUT2D eigenvalue weighted by Crippen LogP contribution is -2.03. The highest BCUT2D eigenvalue weighted by Crippen LogP contribution is 2.31. The van der Waals surface area contributed by atoms with Gasteiger partial charge in [0.15, 0.2) is 11.6 Å². The number of nitro benzene ring substituents is 1. The van der Waals surface area contributed by atoms with Crippen molar-refractivity contribution in [3.8, 4) is 11.3 Å². The largest absolute Gasteiger partial charge is 0.455 e. The first-order valence-corrected chi connectivity index (χ1v) is 10.2. The minimum atomic E-state index is -0.569. The summed E-state index contributed by atoms with van der Waals surface area (Å²) in [6.07, 6.45) is 1.38. The minimum Gasteiger partial charge on any atom is -0.455 e. The van der Waals surface area contributed by atoms with E-state index in [2.05, 4.69) is 40.8 Å². The van der Waals surface area contributed by atoms with E-state index in [4.69, 9.17) is 16.0 Å². The molecule has 0 aliphatic heterocycles. The molecular weight excluding hydrogens is 483 g/mol. The Morgan fingerprint density at radius 1 is 1.03 bits per heavy atom. The van der Waals surface area contributed by atoms with Crippen molar-refractivity contribution in [3.63, 3.8) is 0 Å². The van der Waals surface area contributed by atoms with E-state index >= 15 is 0 Å². The molecule has 0 radical (unpaired) electrons. The number of benzene rings is 2. The van der Waals surface area contributed by atoms with E-state index in [-0.39, 0.29) is 39.5 Å². The van der Waals surface area contributed by atoms with Crippen molar-refractivity contribution in [3.05, 3.63) is 81.3 Å². The highest BCUT2D eigenvalue weighted by atomic mass is 35.5. The van der Waals surface area contributed by atoms with Gasteiger partial charge in [-0.05, 0) is 58.8 Å². The summed E-state index contributed by atoms with van der Waals surface area (Å²) in [6, 6.07) is 13.3. The average molecular weight is 495 g/mol. The first kappa shape index (κ1) is 21.9. The Morgan fingerprint density at radius 2 is 1.77 bits per heavy atom. The number of hydrogen-bond acceptors (Lipinski definition) is 11. The summed E-state index contributed by atoms with van der Waals surface area (Å²) in [4.78, 5) is 19.1. The molecule has 0 saturated heterocycles. The van der Waals surface area contributed by atoms with Gasteiger partial charge in [0.1, 0.15) is 22.4 Å². The Bertz CT molecular complexity index is 1570. The fraction of sp³-hybridized carbons (Fsp3) is 0. The molecule has 0 spiro atoms. The van der Waals surface area contributed by atoms with Gasteiger partial charge in [-0.1, -0.05) is 11.6 Å². The van der Waals surface area contributed by atoms with Crippen molar-refractivity contribution < 1.29 is 18.4 Å². The fourth-order valence-corrected chi connectivity index (χ4v) is 3.20. The maximum Gasteiger partial charge on any atom is 0.288 e. The molecule has 2 N–H and O–H groups in total. The zero-order valence-corrected chi connectivity index (χ0v) is 18.1. The molecule has 5 aromatic rings. The molecular formula is C21H12ClFN8O4. The second kappa shape index (κ2) is 9.15. The van der Waals surface area contributed by atoms with E-state index < -0.39 is 4.92 Å². The topological polar surface area (TPSA) is 157 Å². The van der Waals surface area contributed by atoms with Crippen molar-refractivity contribution in [2.45, 2.75) is 0 Å². The van der Waals surface area contributed by atoms with Gasteiger partial charge in [-0.15, -0.1) is 0 Å². The van der Waals surface area contributed by atoms with E-state index in [0.29, 0.717) is 22.8 Å². The van der Waals surface area contributed by atoms with Gasteiger partial charge in [-0.3, -0.25) is 15.5 Å². The number of halogens is 2. The van der Waals surface area contributed by atoms with Gasteiger partial charge in [-0.2, -0.15) is 10.1 Å². The Hall–Kier alpha value is -4.91. The third kappa shape index (κ3) is 4.74. The van der Waals surface area contributed by atoms with Crippen LogP contribution >= 0.6 is 11.6 Å². The molecule has 3 aromatic heterocycles. The molecule has 0 fully saturated rings. The van der Waals surface area contributed by atoms with Crippen LogP contribution in [0.1, 0.15) is 5.76 Å². The van der Waals surface area contributed by atoms with Gasteiger partial charge in [-0.25, -0.2) is 14.0 Å². The molecule has 0 amide bonds. The predicted octanol–water partition coefficient (Wildman–Crippen LogP) is 5.16. The Kier molecular flexibility index (Phi) is 5.73. The molecule has 0 saturated carbocycles. The molecule has 35 heavy (non-hydrogen) atoms. The number of aromatic nitrogens is 4. The number of nitrogens with zero attached hydrogens (tertiary/aromatic N) is 6. The second-order valence-corrected chi connectivity index (χ2v) is 7.37. The molecule has 174 valence electrons. The fourth-order valence-electron chi connectivity index (χ4n) is 3.01. The van der Waals surface area contributed by atoms with E-state index in [9.17, 15) is 14.5 Å². The van der Waals surface area contributed by atoms with Crippen LogP contribution in [0.15, 0.2) is 68.7 Å². The maximum absolute atomic E-state index is 13.2. The zero-order chi connectivity index (χ0) is 24.4. The summed E-state index contributed by atoms with van der Waals surface area (Å²) in [5.41, 5.74) is 3.86. The Balaban J connectivity index is 1.37. The van der Waals surface area contributed by atoms with Crippen LogP contribution in [0.25, 0.3) is 22.6 Å². The summed E-state index contributed by atoms with van der Waals surface area (Å²) < 4.78 is 23.6. The maximum atomic E-state index is 13.2. The van der Waals surface area contributed by atoms with Crippen LogP contribution in [-0.4, -0.2) is 31.4 Å². The SMILES string of the molecule is O=[N+]([O-])c1cc(-c2ccc(/C=N/Nc3nc4nonc4nc3Nc3ccc(F)cc3)o2)ccc1Cl. The van der Waals surface area contributed by atoms with Crippen LogP contribution < -0.4 is 10.7 Å². The zero-order valence-electron chi connectivity index (χ0n) is 17.3. The van der Waals surface area contributed by atoms with Crippen LogP contribution in [0.2, 0.25) is 5.02 Å². The van der Waals surface area contributed by atoms with E-state index in [1.54, 1.807) is 18.2 Å². The summed E-state index contributed by atoms with van der Waals surface area (Å²) in [6.45, 7) is 0. The van der Waals surface area contributed by atoms with Gasteiger partial charge in [0.05, 0.1) is 11.1 Å². The number of rotatable bonds is 7. The van der Waals surface area contributed by atoms with Crippen molar-refractivity contribution in [1.82, 2.24) is 20.3 Å². The van der Waals surface area contributed by atoms with Gasteiger partial charge in [0.25, 0.3) is 5.69 Å². The molecule has 0 bridgehead atoms. The van der Waals surface area contributed by atoms with Crippen LogP contribution in [0, 0.1) is 15.9 Å². The van der Waals surface area contributed by atoms with E-state index in [1.807, 2.05) is 0 Å². The number of hydrogen-bond donors (Lipinski definition) is 2. The third-order valence-corrected chi connectivity index (χ3v) is 4.96. The molecule has 0 aliphatic rings. The van der Waals surface area contributed by atoms with Crippen molar-refractivity contribution in [2.24, 2.45) is 5.10 Å². The lowest BCUT2D eigenvalue weighted by atomic mass is 10.1. The van der Waals surface area contributed by atoms with Crippen LogP contribution in [0.3, 0.4) is 0 Å². The predicted molar refractivity (Wildman–Crippen MR) is 124 cm³/mol. The lowest BCUT2D eigenvalue weighted by molar-refractivity contribution is -0.384. The number of nitro groups is 1. The normalized spacial score (nSPS) is 11.3. The molecule has 0 unspecified atom stereocenters. The molecule has 14 heteroatoms. The van der Waals surface area contributed by atoms with Crippen LogP contribution in [0.4, 0.5) is 27.4 Å². The Labute approximate surface area is 199 Å². The van der Waals surface area contributed by atoms with Gasteiger partial charge in [0, 0.05) is 17.3 Å². The summed E-state index contributed by atoms with van der Waals surface area (Å²) in [5, 5.41) is 25.6. The molecule has 5 rings (SSSR count). The van der Waals surface area contributed by atoms with Crippen LogP contribution in [-0.2, 0) is 0 Å². The first-order valence-electron chi connectivity index (χ1n) is 9.82. The minimum absolute atomic E-state index is 0.0294. The summed E-state index contributed by atoms with van der Waals surface area (Å²) in [7, 11) is 0. The van der Waals surface area contributed by atoms with Crippen molar-refractivity contribution in [1.29, 1.82) is 0 Å². The highest BCUT2D eigenvalue weighted by molar-refractivity contribution is 6.32. The number of anilines is 3. The number of hydrazone groups is 1. The smallest absolute Gasteiger partial charge is 0.288 e. The number of nitrogens with one attached hydrogen (secondary N) is 2. The quantitative estimate of drug-likeness (QED) is 0.176.